The molecular weight excluding hydrogens is 468 g/mol. The number of hydrogen-bond donors (Lipinski definition) is 1. The molecule has 0 aliphatic heterocycles. The van der Waals surface area contributed by atoms with Gasteiger partial charge in [-0.25, -0.2) is 4.79 Å². The second-order valence-corrected chi connectivity index (χ2v) is 9.06. The van der Waals surface area contributed by atoms with Crippen LogP contribution in [0.3, 0.4) is 0 Å². The first kappa shape index (κ1) is 25.9. The lowest BCUT2D eigenvalue weighted by molar-refractivity contribution is -0.139. The highest BCUT2D eigenvalue weighted by Crippen LogP contribution is 2.40. The number of esters is 1. The van der Waals surface area contributed by atoms with Gasteiger partial charge in [-0.15, -0.1) is 0 Å². The number of nitrogens with zero attached hydrogens (tertiary/aromatic N) is 1. The maximum Gasteiger partial charge on any atom is 0.334 e. The van der Waals surface area contributed by atoms with Crippen molar-refractivity contribution in [3.63, 3.8) is 0 Å². The van der Waals surface area contributed by atoms with Crippen LogP contribution in [0.4, 0.5) is 0 Å². The number of methoxy groups -OCH3 is 2. The number of nitrogens with one attached hydrogen (secondary N) is 1. The number of ether oxygens (including phenoxy) is 3. The standard InChI is InChI=1S/C30H32N2O5/c1-6-37-30(34)27-13-22-11-20(8-10-26(22)18(2)19(27)3)23-12-24(16-31-15-23)29(33)32-17-21-7-9-25(35-4)14-28(21)36-5/h7-16,18-19H,6,17H2,1-5H3,(H,32,33)/t18-,19?/m0/s1. The number of carbonyl (C=O) groups excluding carboxylic acids is 2. The Morgan fingerprint density at radius 2 is 1.76 bits per heavy atom. The van der Waals surface area contributed by atoms with Gasteiger partial charge in [-0.2, -0.15) is 0 Å². The fourth-order valence-corrected chi connectivity index (χ4v) is 4.59. The number of pyridine rings is 1. The molecule has 1 amide bonds. The maximum absolute atomic E-state index is 12.9. The van der Waals surface area contributed by atoms with Crippen LogP contribution in [-0.4, -0.2) is 37.7 Å². The van der Waals surface area contributed by atoms with Crippen LogP contribution in [0, 0.1) is 5.92 Å². The van der Waals surface area contributed by atoms with E-state index in [9.17, 15) is 9.59 Å². The van der Waals surface area contributed by atoms with Gasteiger partial charge in [-0.1, -0.05) is 26.0 Å². The van der Waals surface area contributed by atoms with Gasteiger partial charge in [0.2, 0.25) is 0 Å². The van der Waals surface area contributed by atoms with Crippen molar-refractivity contribution < 1.29 is 23.8 Å². The lowest BCUT2D eigenvalue weighted by Crippen LogP contribution is -2.23. The number of amides is 1. The molecule has 1 aliphatic rings. The Morgan fingerprint density at radius 1 is 0.946 bits per heavy atom. The molecule has 192 valence electrons. The Balaban J connectivity index is 1.56. The molecule has 4 rings (SSSR count). The molecular formula is C30H32N2O5. The van der Waals surface area contributed by atoms with Crippen molar-refractivity contribution in [1.29, 1.82) is 0 Å². The third-order valence-corrected chi connectivity index (χ3v) is 6.91. The van der Waals surface area contributed by atoms with Gasteiger partial charge in [-0.05, 0) is 65.8 Å². The highest BCUT2D eigenvalue weighted by Gasteiger charge is 2.30. The Kier molecular flexibility index (Phi) is 7.92. The number of fused-ring (bicyclic) bond motifs is 1. The minimum Gasteiger partial charge on any atom is -0.497 e. The summed E-state index contributed by atoms with van der Waals surface area (Å²) in [5.74, 6) is 1.05. The van der Waals surface area contributed by atoms with Crippen molar-refractivity contribution in [3.05, 3.63) is 82.7 Å². The molecule has 37 heavy (non-hydrogen) atoms. The summed E-state index contributed by atoms with van der Waals surface area (Å²) in [7, 11) is 3.17. The number of benzene rings is 2. The monoisotopic (exact) mass is 500 g/mol. The topological polar surface area (TPSA) is 86.8 Å². The van der Waals surface area contributed by atoms with Crippen LogP contribution >= 0.6 is 0 Å². The second kappa shape index (κ2) is 11.3. The molecule has 0 radical (unpaired) electrons. The summed E-state index contributed by atoms with van der Waals surface area (Å²) < 4.78 is 15.9. The summed E-state index contributed by atoms with van der Waals surface area (Å²) in [4.78, 5) is 29.8. The summed E-state index contributed by atoms with van der Waals surface area (Å²) >= 11 is 0. The van der Waals surface area contributed by atoms with E-state index in [0.29, 0.717) is 35.8 Å². The van der Waals surface area contributed by atoms with E-state index >= 15 is 0 Å². The Bertz CT molecular complexity index is 1350. The minimum absolute atomic E-state index is 0.0652. The van der Waals surface area contributed by atoms with E-state index in [4.69, 9.17) is 14.2 Å². The van der Waals surface area contributed by atoms with Crippen LogP contribution in [-0.2, 0) is 16.1 Å². The van der Waals surface area contributed by atoms with Gasteiger partial charge in [-0.3, -0.25) is 9.78 Å². The summed E-state index contributed by atoms with van der Waals surface area (Å²) in [6.07, 6.45) is 5.20. The van der Waals surface area contributed by atoms with Gasteiger partial charge in [0.15, 0.2) is 0 Å². The molecule has 2 atom stereocenters. The van der Waals surface area contributed by atoms with Gasteiger partial charge in [0.25, 0.3) is 5.91 Å². The highest BCUT2D eigenvalue weighted by atomic mass is 16.5. The van der Waals surface area contributed by atoms with Gasteiger partial charge >= 0.3 is 5.97 Å². The molecule has 7 heteroatoms. The maximum atomic E-state index is 12.9. The van der Waals surface area contributed by atoms with E-state index < -0.39 is 0 Å². The van der Waals surface area contributed by atoms with E-state index in [1.165, 1.54) is 5.56 Å². The largest absolute Gasteiger partial charge is 0.497 e. The van der Waals surface area contributed by atoms with Gasteiger partial charge in [0.05, 0.1) is 26.4 Å². The lowest BCUT2D eigenvalue weighted by Gasteiger charge is -2.28. The van der Waals surface area contributed by atoms with Crippen LogP contribution < -0.4 is 14.8 Å². The Morgan fingerprint density at radius 3 is 2.49 bits per heavy atom. The van der Waals surface area contributed by atoms with Crippen LogP contribution in [0.15, 0.2) is 60.4 Å². The molecule has 1 N–H and O–H groups in total. The lowest BCUT2D eigenvalue weighted by atomic mass is 9.76. The molecule has 2 aromatic carbocycles. The number of carbonyl (C=O) groups is 2. The fraction of sp³-hybridized carbons (Fsp3) is 0.300. The third-order valence-electron chi connectivity index (χ3n) is 6.91. The summed E-state index contributed by atoms with van der Waals surface area (Å²) in [5.41, 5.74) is 5.86. The highest BCUT2D eigenvalue weighted by molar-refractivity contribution is 5.96. The predicted octanol–water partition coefficient (Wildman–Crippen LogP) is 5.40. The van der Waals surface area contributed by atoms with Crippen molar-refractivity contribution in [3.8, 4) is 22.6 Å². The molecule has 7 nitrogen and oxygen atoms in total. The predicted molar refractivity (Wildman–Crippen MR) is 143 cm³/mol. The summed E-state index contributed by atoms with van der Waals surface area (Å²) in [6.45, 7) is 6.63. The summed E-state index contributed by atoms with van der Waals surface area (Å²) in [5, 5.41) is 2.94. The van der Waals surface area contributed by atoms with Crippen molar-refractivity contribution in [2.75, 3.05) is 20.8 Å². The zero-order valence-electron chi connectivity index (χ0n) is 21.8. The van der Waals surface area contributed by atoms with Crippen LogP contribution in [0.25, 0.3) is 17.2 Å². The average Bonchev–Trinajstić information content (AvgIpc) is 2.93. The third kappa shape index (κ3) is 5.50. The molecule has 0 saturated heterocycles. The first-order valence-electron chi connectivity index (χ1n) is 12.3. The normalized spacial score (nSPS) is 16.3. The van der Waals surface area contributed by atoms with Crippen LogP contribution in [0.2, 0.25) is 0 Å². The van der Waals surface area contributed by atoms with Gasteiger partial charge < -0.3 is 19.5 Å². The fourth-order valence-electron chi connectivity index (χ4n) is 4.59. The van der Waals surface area contributed by atoms with Crippen molar-refractivity contribution in [2.45, 2.75) is 33.2 Å². The van der Waals surface area contributed by atoms with E-state index in [-0.39, 0.29) is 23.7 Å². The minimum atomic E-state index is -0.272. The van der Waals surface area contributed by atoms with Crippen molar-refractivity contribution >= 4 is 18.0 Å². The summed E-state index contributed by atoms with van der Waals surface area (Å²) in [6, 6.07) is 13.5. The van der Waals surface area contributed by atoms with Crippen molar-refractivity contribution in [1.82, 2.24) is 10.3 Å². The molecule has 0 fully saturated rings. The van der Waals surface area contributed by atoms with Crippen molar-refractivity contribution in [2.24, 2.45) is 5.92 Å². The molecule has 3 aromatic rings. The van der Waals surface area contributed by atoms with Crippen LogP contribution in [0.5, 0.6) is 11.5 Å². The molecule has 1 aliphatic carbocycles. The number of aromatic nitrogens is 1. The van der Waals surface area contributed by atoms with E-state index in [1.54, 1.807) is 32.7 Å². The number of rotatable bonds is 8. The van der Waals surface area contributed by atoms with E-state index in [0.717, 1.165) is 22.3 Å². The molecule has 0 saturated carbocycles. The quantitative estimate of drug-likeness (QED) is 0.417. The zero-order valence-corrected chi connectivity index (χ0v) is 21.8. The molecule has 1 aromatic heterocycles. The molecule has 1 heterocycles. The zero-order chi connectivity index (χ0) is 26.5. The molecule has 0 spiro atoms. The molecule has 1 unspecified atom stereocenters. The first-order chi connectivity index (χ1) is 17.9. The Hall–Kier alpha value is -4.13. The van der Waals surface area contributed by atoms with Gasteiger partial charge in [0, 0.05) is 41.7 Å². The molecule has 0 bridgehead atoms. The van der Waals surface area contributed by atoms with E-state index in [2.05, 4.69) is 30.2 Å². The van der Waals surface area contributed by atoms with Crippen LogP contribution in [0.1, 0.15) is 53.7 Å². The Labute approximate surface area is 217 Å². The van der Waals surface area contributed by atoms with Gasteiger partial charge in [0.1, 0.15) is 11.5 Å². The first-order valence-corrected chi connectivity index (χ1v) is 12.3. The second-order valence-electron chi connectivity index (χ2n) is 9.06. The smallest absolute Gasteiger partial charge is 0.334 e. The number of hydrogen-bond acceptors (Lipinski definition) is 6. The van der Waals surface area contributed by atoms with E-state index in [1.807, 2.05) is 43.3 Å². The average molecular weight is 501 g/mol. The SMILES string of the molecule is CCOC(=O)C1=Cc2cc(-c3cncc(C(=O)NCc4ccc(OC)cc4OC)c3)ccc2[C@@H](C)C1C.